The number of carbonyl (C=O) groups excluding carboxylic acids is 1. The van der Waals surface area contributed by atoms with Gasteiger partial charge in [0.05, 0.1) is 20.1 Å². The number of ether oxygens (including phenoxy) is 2. The van der Waals surface area contributed by atoms with Crippen molar-refractivity contribution in [2.75, 3.05) is 13.7 Å². The van der Waals surface area contributed by atoms with Crippen molar-refractivity contribution in [1.29, 1.82) is 0 Å². The molecule has 5 nitrogen and oxygen atoms in total. The number of carbonyl (C=O) groups is 1. The molecule has 0 aromatic heterocycles. The number of rotatable bonds is 7. The van der Waals surface area contributed by atoms with Crippen LogP contribution in [0.1, 0.15) is 24.8 Å². The third-order valence-electron chi connectivity index (χ3n) is 3.05. The molecule has 6 heteroatoms. The van der Waals surface area contributed by atoms with E-state index in [4.69, 9.17) is 26.8 Å². The molecule has 1 aliphatic carbocycles. The molecule has 0 aliphatic heterocycles. The molecular weight excluding hydrogens is 280 g/mol. The molecule has 0 atom stereocenters. The largest absolute Gasteiger partial charge is 0.493 e. The van der Waals surface area contributed by atoms with E-state index in [2.05, 4.69) is 5.32 Å². The van der Waals surface area contributed by atoms with E-state index in [1.807, 2.05) is 0 Å². The smallest absolute Gasteiger partial charge is 0.223 e. The lowest BCUT2D eigenvalue weighted by Crippen LogP contribution is -2.26. The molecule has 1 aliphatic rings. The van der Waals surface area contributed by atoms with Gasteiger partial charge in [0.25, 0.3) is 0 Å². The van der Waals surface area contributed by atoms with Crippen molar-refractivity contribution < 1.29 is 14.3 Å². The lowest BCUT2D eigenvalue weighted by molar-refractivity contribution is -0.121. The van der Waals surface area contributed by atoms with Crippen LogP contribution in [0.4, 0.5) is 0 Å². The summed E-state index contributed by atoms with van der Waals surface area (Å²) in [5.41, 5.74) is 6.44. The van der Waals surface area contributed by atoms with Crippen molar-refractivity contribution in [1.82, 2.24) is 5.32 Å². The Morgan fingerprint density at radius 1 is 1.50 bits per heavy atom. The summed E-state index contributed by atoms with van der Waals surface area (Å²) < 4.78 is 10.9. The van der Waals surface area contributed by atoms with Crippen LogP contribution in [0, 0.1) is 0 Å². The Morgan fingerprint density at radius 2 is 2.25 bits per heavy atom. The molecule has 1 amide bonds. The van der Waals surface area contributed by atoms with Crippen LogP contribution in [0.25, 0.3) is 0 Å². The second kappa shape index (κ2) is 6.81. The van der Waals surface area contributed by atoms with Crippen LogP contribution in [0.2, 0.25) is 5.02 Å². The summed E-state index contributed by atoms with van der Waals surface area (Å²) in [4.78, 5) is 11.6. The number of halogens is 1. The first-order valence-electron chi connectivity index (χ1n) is 6.62. The summed E-state index contributed by atoms with van der Waals surface area (Å²) in [7, 11) is 1.54. The molecule has 1 aromatic rings. The third kappa shape index (κ3) is 4.02. The molecule has 0 radical (unpaired) electrons. The molecule has 2 rings (SSSR count). The molecular formula is C14H19ClN2O3. The predicted octanol–water partition coefficient (Wildman–Crippen LogP) is 1.85. The highest BCUT2D eigenvalue weighted by Gasteiger charge is 2.23. The molecule has 0 bridgehead atoms. The standard InChI is InChI=1S/C14H19ClN2O3/c1-19-12-7-10(15)6-9(8-16)14(12)20-5-4-13(18)17-11-2-3-11/h6-7,11H,2-5,8,16H2,1H3,(H,17,18). The second-order valence-electron chi connectivity index (χ2n) is 4.74. The van der Waals surface area contributed by atoms with Crippen molar-refractivity contribution >= 4 is 17.5 Å². The molecule has 20 heavy (non-hydrogen) atoms. The zero-order chi connectivity index (χ0) is 14.5. The number of hydrogen-bond acceptors (Lipinski definition) is 4. The zero-order valence-corrected chi connectivity index (χ0v) is 12.2. The van der Waals surface area contributed by atoms with Gasteiger partial charge in [-0.25, -0.2) is 0 Å². The number of benzene rings is 1. The van der Waals surface area contributed by atoms with Gasteiger partial charge in [-0.2, -0.15) is 0 Å². The maximum Gasteiger partial charge on any atom is 0.223 e. The first-order chi connectivity index (χ1) is 9.63. The highest BCUT2D eigenvalue weighted by Crippen LogP contribution is 2.34. The summed E-state index contributed by atoms with van der Waals surface area (Å²) in [5.74, 6) is 1.09. The number of nitrogens with one attached hydrogen (secondary N) is 1. The Bertz CT molecular complexity index is 464. The van der Waals surface area contributed by atoms with Gasteiger partial charge in [0.1, 0.15) is 0 Å². The van der Waals surface area contributed by atoms with Crippen molar-refractivity contribution in [3.8, 4) is 11.5 Å². The van der Waals surface area contributed by atoms with Crippen LogP contribution in [0.5, 0.6) is 11.5 Å². The van der Waals surface area contributed by atoms with Crippen LogP contribution >= 0.6 is 11.6 Å². The quantitative estimate of drug-likeness (QED) is 0.806. The fourth-order valence-corrected chi connectivity index (χ4v) is 2.09. The fourth-order valence-electron chi connectivity index (χ4n) is 1.86. The van der Waals surface area contributed by atoms with E-state index in [0.29, 0.717) is 35.5 Å². The first kappa shape index (κ1) is 14.9. The van der Waals surface area contributed by atoms with Gasteiger partial charge in [-0.15, -0.1) is 0 Å². The number of amides is 1. The maximum absolute atomic E-state index is 11.6. The van der Waals surface area contributed by atoms with Gasteiger partial charge in [-0.3, -0.25) is 4.79 Å². The van der Waals surface area contributed by atoms with E-state index < -0.39 is 0 Å². The van der Waals surface area contributed by atoms with Crippen molar-refractivity contribution in [2.45, 2.75) is 31.8 Å². The molecule has 3 N–H and O–H groups in total. The van der Waals surface area contributed by atoms with E-state index in [-0.39, 0.29) is 12.5 Å². The van der Waals surface area contributed by atoms with Crippen LogP contribution in [0.15, 0.2) is 12.1 Å². The van der Waals surface area contributed by atoms with Gasteiger partial charge in [0.2, 0.25) is 5.91 Å². The van der Waals surface area contributed by atoms with Crippen LogP contribution in [0.3, 0.4) is 0 Å². The molecule has 1 aromatic carbocycles. The van der Waals surface area contributed by atoms with Crippen molar-refractivity contribution in [3.05, 3.63) is 22.7 Å². The molecule has 0 unspecified atom stereocenters. The number of methoxy groups -OCH3 is 1. The normalized spacial score (nSPS) is 13.9. The second-order valence-corrected chi connectivity index (χ2v) is 5.18. The molecule has 0 spiro atoms. The van der Waals surface area contributed by atoms with Gasteiger partial charge < -0.3 is 20.5 Å². The monoisotopic (exact) mass is 298 g/mol. The Kier molecular flexibility index (Phi) is 5.09. The highest BCUT2D eigenvalue weighted by molar-refractivity contribution is 6.30. The average Bonchev–Trinajstić information content (AvgIpc) is 3.23. The van der Waals surface area contributed by atoms with Crippen molar-refractivity contribution in [3.63, 3.8) is 0 Å². The first-order valence-corrected chi connectivity index (χ1v) is 7.00. The average molecular weight is 299 g/mol. The Labute approximate surface area is 123 Å². The van der Waals surface area contributed by atoms with E-state index in [9.17, 15) is 4.79 Å². The topological polar surface area (TPSA) is 73.6 Å². The minimum atomic E-state index is 0.00901. The van der Waals surface area contributed by atoms with Gasteiger partial charge in [0.15, 0.2) is 11.5 Å². The van der Waals surface area contributed by atoms with E-state index in [1.54, 1.807) is 19.2 Å². The van der Waals surface area contributed by atoms with E-state index in [1.165, 1.54) is 0 Å². The summed E-state index contributed by atoms with van der Waals surface area (Å²) in [5, 5.41) is 3.45. The van der Waals surface area contributed by atoms with E-state index in [0.717, 1.165) is 18.4 Å². The molecule has 1 fully saturated rings. The third-order valence-corrected chi connectivity index (χ3v) is 3.27. The lowest BCUT2D eigenvalue weighted by Gasteiger charge is -2.15. The van der Waals surface area contributed by atoms with Crippen LogP contribution < -0.4 is 20.5 Å². The number of hydrogen-bond donors (Lipinski definition) is 2. The van der Waals surface area contributed by atoms with Gasteiger partial charge in [-0.1, -0.05) is 11.6 Å². The SMILES string of the molecule is COc1cc(Cl)cc(CN)c1OCCC(=O)NC1CC1. The van der Waals surface area contributed by atoms with Crippen molar-refractivity contribution in [2.24, 2.45) is 5.73 Å². The van der Waals surface area contributed by atoms with Crippen LogP contribution in [-0.4, -0.2) is 25.7 Å². The summed E-state index contributed by atoms with van der Waals surface area (Å²) in [6.45, 7) is 0.573. The summed E-state index contributed by atoms with van der Waals surface area (Å²) >= 11 is 5.97. The minimum Gasteiger partial charge on any atom is -0.493 e. The molecule has 1 saturated carbocycles. The molecule has 110 valence electrons. The summed E-state index contributed by atoms with van der Waals surface area (Å²) in [6, 6.07) is 3.77. The minimum absolute atomic E-state index is 0.00901. The fraction of sp³-hybridized carbons (Fsp3) is 0.500. The van der Waals surface area contributed by atoms with Gasteiger partial charge in [0, 0.05) is 29.2 Å². The highest BCUT2D eigenvalue weighted by atomic mass is 35.5. The van der Waals surface area contributed by atoms with Gasteiger partial charge >= 0.3 is 0 Å². The Morgan fingerprint density at radius 3 is 2.85 bits per heavy atom. The number of nitrogens with two attached hydrogens (primary N) is 1. The zero-order valence-electron chi connectivity index (χ0n) is 11.4. The lowest BCUT2D eigenvalue weighted by atomic mass is 10.2. The Balaban J connectivity index is 1.94. The summed E-state index contributed by atoms with van der Waals surface area (Å²) in [6.07, 6.45) is 2.47. The van der Waals surface area contributed by atoms with Gasteiger partial charge in [-0.05, 0) is 18.9 Å². The Hall–Kier alpha value is -1.46. The van der Waals surface area contributed by atoms with Crippen LogP contribution in [-0.2, 0) is 11.3 Å². The predicted molar refractivity (Wildman–Crippen MR) is 77.2 cm³/mol. The molecule has 0 saturated heterocycles. The molecule has 0 heterocycles. The van der Waals surface area contributed by atoms with E-state index >= 15 is 0 Å². The maximum atomic E-state index is 11.6.